The predicted molar refractivity (Wildman–Crippen MR) is 74.1 cm³/mol. The first-order chi connectivity index (χ1) is 8.47. The third-order valence-corrected chi connectivity index (χ3v) is 4.99. The maximum atomic E-state index is 12.5. The van der Waals surface area contributed by atoms with Gasteiger partial charge in [-0.25, -0.2) is 0 Å². The number of carbonyl (C=O) groups is 1. The smallest absolute Gasteiger partial charge is 0.227 e. The molecule has 0 saturated heterocycles. The van der Waals surface area contributed by atoms with E-state index in [0.717, 1.165) is 38.5 Å². The Morgan fingerprint density at radius 1 is 1.22 bits per heavy atom. The molecule has 0 radical (unpaired) electrons. The lowest BCUT2D eigenvalue weighted by molar-refractivity contribution is -0.133. The Labute approximate surface area is 111 Å². The van der Waals surface area contributed by atoms with Gasteiger partial charge in [0.2, 0.25) is 5.91 Å². The molecule has 3 nitrogen and oxygen atoms in total. The van der Waals surface area contributed by atoms with E-state index in [4.69, 9.17) is 5.73 Å². The monoisotopic (exact) mass is 252 g/mol. The summed E-state index contributed by atoms with van der Waals surface area (Å²) in [6, 6.07) is 0.373. The van der Waals surface area contributed by atoms with Crippen LogP contribution >= 0.6 is 0 Å². The highest BCUT2D eigenvalue weighted by atomic mass is 16.2. The summed E-state index contributed by atoms with van der Waals surface area (Å²) in [5.41, 5.74) is 6.04. The molecule has 2 saturated carbocycles. The number of hydrogen-bond acceptors (Lipinski definition) is 2. The van der Waals surface area contributed by atoms with Crippen molar-refractivity contribution in [2.24, 2.45) is 16.6 Å². The van der Waals surface area contributed by atoms with Crippen LogP contribution in [0.1, 0.15) is 65.2 Å². The van der Waals surface area contributed by atoms with Crippen molar-refractivity contribution < 1.29 is 4.79 Å². The van der Waals surface area contributed by atoms with Gasteiger partial charge in [-0.1, -0.05) is 33.1 Å². The summed E-state index contributed by atoms with van der Waals surface area (Å²) < 4.78 is 0. The summed E-state index contributed by atoms with van der Waals surface area (Å²) in [4.78, 5) is 12.5. The van der Waals surface area contributed by atoms with Crippen molar-refractivity contribution in [2.75, 3.05) is 6.54 Å². The van der Waals surface area contributed by atoms with Crippen LogP contribution in [0.4, 0.5) is 0 Å². The maximum absolute atomic E-state index is 12.5. The highest BCUT2D eigenvalue weighted by molar-refractivity contribution is 5.83. The summed E-state index contributed by atoms with van der Waals surface area (Å²) in [7, 11) is 0. The van der Waals surface area contributed by atoms with Gasteiger partial charge in [-0.2, -0.15) is 0 Å². The third kappa shape index (κ3) is 2.87. The predicted octanol–water partition coefficient (Wildman–Crippen LogP) is 2.59. The fourth-order valence-electron chi connectivity index (χ4n) is 3.65. The normalized spacial score (nSPS) is 30.1. The highest BCUT2D eigenvalue weighted by Gasteiger charge is 2.40. The Kier molecular flexibility index (Phi) is 4.00. The van der Waals surface area contributed by atoms with Gasteiger partial charge in [-0.15, -0.1) is 0 Å². The summed E-state index contributed by atoms with van der Waals surface area (Å²) in [6.07, 6.45) is 8.97. The van der Waals surface area contributed by atoms with Crippen LogP contribution in [0, 0.1) is 10.8 Å². The lowest BCUT2D eigenvalue weighted by Crippen LogP contribution is -2.49. The minimum atomic E-state index is -0.259. The van der Waals surface area contributed by atoms with Gasteiger partial charge in [-0.3, -0.25) is 4.79 Å². The van der Waals surface area contributed by atoms with Gasteiger partial charge in [0.05, 0.1) is 5.41 Å². The largest absolute Gasteiger partial charge is 0.353 e. The van der Waals surface area contributed by atoms with Crippen LogP contribution in [-0.4, -0.2) is 18.5 Å². The average Bonchev–Trinajstić information content (AvgIpc) is 2.69. The minimum Gasteiger partial charge on any atom is -0.353 e. The van der Waals surface area contributed by atoms with Crippen molar-refractivity contribution in [3.05, 3.63) is 0 Å². The van der Waals surface area contributed by atoms with Gasteiger partial charge in [0.1, 0.15) is 0 Å². The van der Waals surface area contributed by atoms with Gasteiger partial charge in [0.25, 0.3) is 0 Å². The first-order valence-corrected chi connectivity index (χ1v) is 7.49. The SMILES string of the molecule is CC1(C)CCC(NC(=O)C2(CN)CCCCC2)C1. The van der Waals surface area contributed by atoms with E-state index in [9.17, 15) is 4.79 Å². The zero-order valence-electron chi connectivity index (χ0n) is 11.9. The number of rotatable bonds is 3. The molecule has 2 rings (SSSR count). The fraction of sp³-hybridized carbons (Fsp3) is 0.933. The van der Waals surface area contributed by atoms with E-state index in [0.29, 0.717) is 18.0 Å². The number of nitrogens with two attached hydrogens (primary N) is 1. The Balaban J connectivity index is 1.94. The molecule has 3 N–H and O–H groups in total. The van der Waals surface area contributed by atoms with E-state index in [1.54, 1.807) is 0 Å². The molecule has 0 bridgehead atoms. The Hall–Kier alpha value is -0.570. The third-order valence-electron chi connectivity index (χ3n) is 4.99. The van der Waals surface area contributed by atoms with Gasteiger partial charge in [0.15, 0.2) is 0 Å². The molecule has 0 aromatic carbocycles. The molecule has 2 aliphatic carbocycles. The number of carbonyl (C=O) groups excluding carboxylic acids is 1. The van der Waals surface area contributed by atoms with Crippen LogP contribution < -0.4 is 11.1 Å². The van der Waals surface area contributed by atoms with Gasteiger partial charge in [0, 0.05) is 12.6 Å². The van der Waals surface area contributed by atoms with Crippen molar-refractivity contribution in [1.29, 1.82) is 0 Å². The molecule has 104 valence electrons. The number of amides is 1. The zero-order valence-corrected chi connectivity index (χ0v) is 11.9. The topological polar surface area (TPSA) is 55.1 Å². The molecule has 0 aromatic rings. The van der Waals surface area contributed by atoms with Crippen molar-refractivity contribution in [3.8, 4) is 0 Å². The van der Waals surface area contributed by atoms with Gasteiger partial charge in [-0.05, 0) is 37.5 Å². The molecule has 0 spiro atoms. The van der Waals surface area contributed by atoms with E-state index in [2.05, 4.69) is 19.2 Å². The van der Waals surface area contributed by atoms with Crippen molar-refractivity contribution in [3.63, 3.8) is 0 Å². The molecular weight excluding hydrogens is 224 g/mol. The Morgan fingerprint density at radius 2 is 1.89 bits per heavy atom. The Morgan fingerprint density at radius 3 is 2.39 bits per heavy atom. The second kappa shape index (κ2) is 5.20. The van der Waals surface area contributed by atoms with Crippen LogP contribution in [0.25, 0.3) is 0 Å². The maximum Gasteiger partial charge on any atom is 0.227 e. The average molecular weight is 252 g/mol. The lowest BCUT2D eigenvalue weighted by atomic mass is 9.73. The van der Waals surface area contributed by atoms with E-state index in [1.807, 2.05) is 0 Å². The van der Waals surface area contributed by atoms with Crippen molar-refractivity contribution >= 4 is 5.91 Å². The first kappa shape index (κ1) is 13.9. The first-order valence-electron chi connectivity index (χ1n) is 7.49. The van der Waals surface area contributed by atoms with Crippen LogP contribution in [0.2, 0.25) is 0 Å². The van der Waals surface area contributed by atoms with Crippen LogP contribution in [0.3, 0.4) is 0 Å². The Bertz CT molecular complexity index is 306. The zero-order chi connectivity index (χ0) is 13.2. The van der Waals surface area contributed by atoms with Crippen LogP contribution in [0.5, 0.6) is 0 Å². The molecule has 0 aliphatic heterocycles. The second-order valence-corrected chi connectivity index (χ2v) is 7.12. The van der Waals surface area contributed by atoms with Gasteiger partial charge < -0.3 is 11.1 Å². The molecule has 3 heteroatoms. The molecular formula is C15H28N2O. The number of hydrogen-bond donors (Lipinski definition) is 2. The molecule has 0 aromatic heterocycles. The fourth-order valence-corrected chi connectivity index (χ4v) is 3.65. The molecule has 0 heterocycles. The van der Waals surface area contributed by atoms with E-state index in [1.165, 1.54) is 12.8 Å². The highest BCUT2D eigenvalue weighted by Crippen LogP contribution is 2.39. The summed E-state index contributed by atoms with van der Waals surface area (Å²) in [5.74, 6) is 0.229. The summed E-state index contributed by atoms with van der Waals surface area (Å²) in [5, 5.41) is 3.28. The summed E-state index contributed by atoms with van der Waals surface area (Å²) >= 11 is 0. The molecule has 1 atom stereocenters. The van der Waals surface area contributed by atoms with E-state index in [-0.39, 0.29) is 11.3 Å². The molecule has 2 aliphatic rings. The second-order valence-electron chi connectivity index (χ2n) is 7.12. The van der Waals surface area contributed by atoms with Crippen LogP contribution in [-0.2, 0) is 4.79 Å². The molecule has 18 heavy (non-hydrogen) atoms. The minimum absolute atomic E-state index is 0.229. The van der Waals surface area contributed by atoms with E-state index < -0.39 is 0 Å². The molecule has 1 unspecified atom stereocenters. The standard InChI is InChI=1S/C15H28N2O/c1-14(2)9-6-12(10-14)17-13(18)15(11-16)7-4-3-5-8-15/h12H,3-11,16H2,1-2H3,(H,17,18). The summed E-state index contributed by atoms with van der Waals surface area (Å²) in [6.45, 7) is 5.09. The lowest BCUT2D eigenvalue weighted by Gasteiger charge is -2.35. The van der Waals surface area contributed by atoms with Crippen molar-refractivity contribution in [1.82, 2.24) is 5.32 Å². The van der Waals surface area contributed by atoms with Crippen molar-refractivity contribution in [2.45, 2.75) is 71.3 Å². The molecule has 2 fully saturated rings. The van der Waals surface area contributed by atoms with Gasteiger partial charge >= 0.3 is 0 Å². The number of nitrogens with one attached hydrogen (secondary N) is 1. The van der Waals surface area contributed by atoms with E-state index >= 15 is 0 Å². The van der Waals surface area contributed by atoms with Crippen LogP contribution in [0.15, 0.2) is 0 Å². The quantitative estimate of drug-likeness (QED) is 0.811. The molecule has 1 amide bonds.